The first-order chi connectivity index (χ1) is 27.6. The summed E-state index contributed by atoms with van der Waals surface area (Å²) in [5.74, 6) is -1.55. The van der Waals surface area contributed by atoms with Crippen LogP contribution < -0.4 is 0 Å². The summed E-state index contributed by atoms with van der Waals surface area (Å²) in [7, 11) is -8.71. The normalized spacial score (nSPS) is 18.9. The first kappa shape index (κ1) is 55.5. The van der Waals surface area contributed by atoms with Crippen LogP contribution in [-0.4, -0.2) is 157 Å². The van der Waals surface area contributed by atoms with Crippen molar-refractivity contribution in [2.45, 2.75) is 205 Å². The summed E-state index contributed by atoms with van der Waals surface area (Å²) in [6, 6.07) is 0. The van der Waals surface area contributed by atoms with Crippen molar-refractivity contribution < 1.29 is 55.8 Å². The maximum Gasteiger partial charge on any atom is 0.267 e. The van der Waals surface area contributed by atoms with E-state index in [1.54, 1.807) is 0 Å². The Morgan fingerprint density at radius 2 is 0.741 bits per heavy atom. The van der Waals surface area contributed by atoms with Gasteiger partial charge in [0.1, 0.15) is 11.5 Å². The lowest BCUT2D eigenvalue weighted by Crippen LogP contribution is -2.44. The molecule has 1 fully saturated rings. The molecule has 1 rings (SSSR count). The SMILES string of the molecule is CCCCCCCCCCCCN(CC(O)COC1CCCCC1OCC(O)CN(CCCCCCCCCCCC)CC(O)CS(=O)(=O)O)CC(O)CS(=O)(=O)O. The summed E-state index contributed by atoms with van der Waals surface area (Å²) in [6.07, 6.45) is 21.5. The Balaban J connectivity index is 2.63. The highest BCUT2D eigenvalue weighted by molar-refractivity contribution is 7.86. The van der Waals surface area contributed by atoms with E-state index in [0.717, 1.165) is 77.0 Å². The van der Waals surface area contributed by atoms with Gasteiger partial charge in [0.15, 0.2) is 0 Å². The smallest absolute Gasteiger partial charge is 0.267 e. The van der Waals surface area contributed by atoms with E-state index in [2.05, 4.69) is 13.8 Å². The molecule has 58 heavy (non-hydrogen) atoms. The third-order valence-corrected chi connectivity index (χ3v) is 12.6. The van der Waals surface area contributed by atoms with Crippen LogP contribution in [0.3, 0.4) is 0 Å². The van der Waals surface area contributed by atoms with Gasteiger partial charge in [0.05, 0.1) is 49.8 Å². The number of rotatable bonds is 40. The molecule has 348 valence electrons. The Bertz CT molecular complexity index is 1090. The van der Waals surface area contributed by atoms with Crippen LogP contribution in [0.4, 0.5) is 0 Å². The molecule has 14 nitrogen and oxygen atoms in total. The first-order valence-corrected chi connectivity index (χ1v) is 26.1. The molecular weight excluding hydrogens is 789 g/mol. The molecule has 0 heterocycles. The average molecular weight is 875 g/mol. The van der Waals surface area contributed by atoms with E-state index in [1.165, 1.54) is 77.0 Å². The molecule has 0 amide bonds. The van der Waals surface area contributed by atoms with Gasteiger partial charge in [0, 0.05) is 26.2 Å². The zero-order valence-corrected chi connectivity index (χ0v) is 38.0. The fourth-order valence-electron chi connectivity index (χ4n) is 7.96. The van der Waals surface area contributed by atoms with Crippen molar-refractivity contribution in [1.29, 1.82) is 0 Å². The third-order valence-electron chi connectivity index (χ3n) is 11.0. The Morgan fingerprint density at radius 1 is 0.466 bits per heavy atom. The standard InChI is InChI=1S/C42H86N2O12S2/c1-3-5-7-9-11-13-15-17-19-23-27-43(31-39(47)35-57(49,50)51)29-37(45)33-55-41-25-21-22-26-42(41)56-34-38(46)30-44(32-40(48)36-58(52,53)54)28-24-20-18-16-14-12-10-8-6-4-2/h37-42,45-48H,3-36H2,1-2H3,(H,49,50,51)(H,52,53,54). The zero-order chi connectivity index (χ0) is 43.1. The average Bonchev–Trinajstić information content (AvgIpc) is 3.13. The number of unbranched alkanes of at least 4 members (excludes halogenated alkanes) is 18. The topological polar surface area (TPSA) is 215 Å². The second kappa shape index (κ2) is 34.0. The fourth-order valence-corrected chi connectivity index (χ4v) is 9.15. The molecular formula is C42H86N2O12S2. The second-order valence-corrected chi connectivity index (χ2v) is 20.0. The Kier molecular flexibility index (Phi) is 32.6. The van der Waals surface area contributed by atoms with Crippen LogP contribution in [0, 0.1) is 0 Å². The molecule has 0 aromatic heterocycles. The molecule has 0 aromatic carbocycles. The van der Waals surface area contributed by atoms with Crippen LogP contribution in [0.1, 0.15) is 168 Å². The molecule has 6 N–H and O–H groups in total. The van der Waals surface area contributed by atoms with Gasteiger partial charge in [-0.2, -0.15) is 16.8 Å². The van der Waals surface area contributed by atoms with E-state index in [4.69, 9.17) is 9.47 Å². The Morgan fingerprint density at radius 3 is 1.03 bits per heavy atom. The maximum absolute atomic E-state index is 11.4. The lowest BCUT2D eigenvalue weighted by atomic mass is 9.94. The Hall–Kier alpha value is -0.500. The second-order valence-electron chi connectivity index (χ2n) is 17.0. The molecule has 0 aromatic rings. The molecule has 0 bridgehead atoms. The van der Waals surface area contributed by atoms with Crippen molar-refractivity contribution in [3.63, 3.8) is 0 Å². The minimum Gasteiger partial charge on any atom is -0.391 e. The number of hydrogen-bond acceptors (Lipinski definition) is 12. The summed E-state index contributed by atoms with van der Waals surface area (Å²) < 4.78 is 76.4. The molecule has 1 aliphatic rings. The zero-order valence-electron chi connectivity index (χ0n) is 36.3. The van der Waals surface area contributed by atoms with Crippen LogP contribution in [0.2, 0.25) is 0 Å². The summed E-state index contributed by atoms with van der Waals surface area (Å²) in [5, 5.41) is 42.7. The number of aliphatic hydroxyl groups excluding tert-OH is 4. The number of aliphatic hydroxyl groups is 4. The molecule has 1 aliphatic carbocycles. The van der Waals surface area contributed by atoms with Crippen molar-refractivity contribution in [2.24, 2.45) is 0 Å². The van der Waals surface area contributed by atoms with E-state index in [9.17, 15) is 46.4 Å². The molecule has 16 heteroatoms. The number of ether oxygens (including phenoxy) is 2. The fraction of sp³-hybridized carbons (Fsp3) is 1.00. The van der Waals surface area contributed by atoms with Crippen molar-refractivity contribution >= 4 is 20.2 Å². The van der Waals surface area contributed by atoms with Gasteiger partial charge in [-0.1, -0.05) is 142 Å². The minimum atomic E-state index is -4.36. The van der Waals surface area contributed by atoms with E-state index >= 15 is 0 Å². The number of hydrogen-bond donors (Lipinski definition) is 6. The van der Waals surface area contributed by atoms with Crippen molar-refractivity contribution in [2.75, 3.05) is 64.0 Å². The Labute approximate surface area is 353 Å². The minimum absolute atomic E-state index is 0.00823. The van der Waals surface area contributed by atoms with Crippen LogP contribution in [0.25, 0.3) is 0 Å². The van der Waals surface area contributed by atoms with E-state index in [1.807, 2.05) is 9.80 Å². The van der Waals surface area contributed by atoms with Crippen LogP contribution in [0.15, 0.2) is 0 Å². The number of nitrogens with zero attached hydrogens (tertiary/aromatic N) is 2. The highest BCUT2D eigenvalue weighted by atomic mass is 32.2. The van der Waals surface area contributed by atoms with E-state index < -0.39 is 56.2 Å². The summed E-state index contributed by atoms with van der Waals surface area (Å²) in [6.45, 7) is 5.87. The van der Waals surface area contributed by atoms with Crippen LogP contribution in [0.5, 0.6) is 0 Å². The lowest BCUT2D eigenvalue weighted by Gasteiger charge is -2.34. The van der Waals surface area contributed by atoms with Gasteiger partial charge in [0.25, 0.3) is 20.2 Å². The predicted octanol–water partition coefficient (Wildman–Crippen LogP) is 6.00. The van der Waals surface area contributed by atoms with Gasteiger partial charge in [-0.05, 0) is 38.8 Å². The summed E-state index contributed by atoms with van der Waals surface area (Å²) >= 11 is 0. The van der Waals surface area contributed by atoms with Gasteiger partial charge in [-0.3, -0.25) is 18.9 Å². The van der Waals surface area contributed by atoms with Crippen LogP contribution in [-0.2, 0) is 29.7 Å². The quantitative estimate of drug-likeness (QED) is 0.0308. The van der Waals surface area contributed by atoms with Crippen molar-refractivity contribution in [3.05, 3.63) is 0 Å². The van der Waals surface area contributed by atoms with Gasteiger partial charge in [0.2, 0.25) is 0 Å². The predicted molar refractivity (Wildman–Crippen MR) is 231 cm³/mol. The summed E-state index contributed by atoms with van der Waals surface area (Å²) in [5.41, 5.74) is 0. The van der Waals surface area contributed by atoms with Gasteiger partial charge in [-0.25, -0.2) is 0 Å². The van der Waals surface area contributed by atoms with Crippen molar-refractivity contribution in [1.82, 2.24) is 9.80 Å². The molecule has 0 saturated heterocycles. The first-order valence-electron chi connectivity index (χ1n) is 22.9. The highest BCUT2D eigenvalue weighted by Gasteiger charge is 2.29. The van der Waals surface area contributed by atoms with E-state index in [-0.39, 0.29) is 51.6 Å². The van der Waals surface area contributed by atoms with Gasteiger partial charge < -0.3 is 29.9 Å². The lowest BCUT2D eigenvalue weighted by molar-refractivity contribution is -0.124. The molecule has 6 unspecified atom stereocenters. The highest BCUT2D eigenvalue weighted by Crippen LogP contribution is 2.25. The molecule has 0 spiro atoms. The van der Waals surface area contributed by atoms with Crippen LogP contribution >= 0.6 is 0 Å². The molecule has 1 saturated carbocycles. The largest absolute Gasteiger partial charge is 0.391 e. The van der Waals surface area contributed by atoms with Crippen molar-refractivity contribution in [3.8, 4) is 0 Å². The van der Waals surface area contributed by atoms with Gasteiger partial charge >= 0.3 is 0 Å². The van der Waals surface area contributed by atoms with Gasteiger partial charge in [-0.15, -0.1) is 0 Å². The molecule has 0 aliphatic heterocycles. The monoisotopic (exact) mass is 875 g/mol. The maximum atomic E-state index is 11.4. The summed E-state index contributed by atoms with van der Waals surface area (Å²) in [4.78, 5) is 3.65. The molecule has 6 atom stereocenters. The van der Waals surface area contributed by atoms with E-state index in [0.29, 0.717) is 13.1 Å². The third kappa shape index (κ3) is 33.2. The molecule has 0 radical (unpaired) electrons.